The van der Waals surface area contributed by atoms with Gasteiger partial charge in [-0.2, -0.15) is 0 Å². The van der Waals surface area contributed by atoms with Crippen LogP contribution in [0.2, 0.25) is 0 Å². The first kappa shape index (κ1) is 19.3. The fourth-order valence-electron chi connectivity index (χ4n) is 3.36. The number of ether oxygens (including phenoxy) is 1. The molecule has 1 heterocycles. The van der Waals surface area contributed by atoms with Gasteiger partial charge < -0.3 is 10.1 Å². The fourth-order valence-corrected chi connectivity index (χ4v) is 3.36. The molecule has 0 aliphatic rings. The lowest BCUT2D eigenvalue weighted by atomic mass is 10.1. The molecule has 4 aromatic rings. The van der Waals surface area contributed by atoms with Crippen LogP contribution in [0.1, 0.15) is 31.8 Å². The van der Waals surface area contributed by atoms with Gasteiger partial charge in [-0.25, -0.2) is 4.79 Å². The summed E-state index contributed by atoms with van der Waals surface area (Å²) in [6.07, 6.45) is 1.68. The van der Waals surface area contributed by atoms with Crippen molar-refractivity contribution in [1.82, 2.24) is 4.98 Å². The van der Waals surface area contributed by atoms with Crippen LogP contribution in [0.5, 0.6) is 5.75 Å². The number of anilines is 1. The van der Waals surface area contributed by atoms with E-state index in [1.54, 1.807) is 49.5 Å². The Morgan fingerprint density at radius 1 is 0.833 bits per heavy atom. The molecule has 1 aromatic heterocycles. The standard InChI is InChI=1S/C25H20N2O3/c1-16-8-3-4-12-19(16)25(29)30-21-14-5-9-17(2)22(21)24(28)27-20-13-6-10-18-11-7-15-26-23(18)20/h3-15H,1-2H3,(H,27,28). The number of fused-ring (bicyclic) bond motifs is 1. The summed E-state index contributed by atoms with van der Waals surface area (Å²) in [5.74, 6) is -0.646. The Kier molecular flexibility index (Phi) is 5.26. The highest BCUT2D eigenvalue weighted by molar-refractivity contribution is 6.11. The topological polar surface area (TPSA) is 68.3 Å². The van der Waals surface area contributed by atoms with Crippen molar-refractivity contribution in [2.24, 2.45) is 0 Å². The number of carbonyl (C=O) groups excluding carboxylic acids is 2. The molecule has 1 amide bonds. The van der Waals surface area contributed by atoms with Crippen molar-refractivity contribution in [3.8, 4) is 5.75 Å². The third-order valence-corrected chi connectivity index (χ3v) is 4.91. The average Bonchev–Trinajstić information content (AvgIpc) is 2.74. The second-order valence-electron chi connectivity index (χ2n) is 6.99. The van der Waals surface area contributed by atoms with E-state index in [2.05, 4.69) is 10.3 Å². The van der Waals surface area contributed by atoms with E-state index in [0.717, 1.165) is 10.9 Å². The highest BCUT2D eigenvalue weighted by Crippen LogP contribution is 2.27. The highest BCUT2D eigenvalue weighted by Gasteiger charge is 2.20. The molecular weight excluding hydrogens is 376 g/mol. The maximum atomic E-state index is 13.2. The van der Waals surface area contributed by atoms with Gasteiger partial charge in [0, 0.05) is 11.6 Å². The fraction of sp³-hybridized carbons (Fsp3) is 0.0800. The summed E-state index contributed by atoms with van der Waals surface area (Å²) in [5.41, 5.74) is 3.58. The second kappa shape index (κ2) is 8.17. The number of aromatic nitrogens is 1. The molecule has 5 nitrogen and oxygen atoms in total. The number of para-hydroxylation sites is 1. The molecule has 5 heteroatoms. The summed E-state index contributed by atoms with van der Waals surface area (Å²) in [4.78, 5) is 30.2. The lowest BCUT2D eigenvalue weighted by molar-refractivity contribution is 0.0732. The number of benzene rings is 3. The first-order chi connectivity index (χ1) is 14.5. The van der Waals surface area contributed by atoms with Gasteiger partial charge in [-0.05, 0) is 49.2 Å². The summed E-state index contributed by atoms with van der Waals surface area (Å²) in [7, 11) is 0. The van der Waals surface area contributed by atoms with E-state index in [1.165, 1.54) is 0 Å². The largest absolute Gasteiger partial charge is 0.422 e. The lowest BCUT2D eigenvalue weighted by Crippen LogP contribution is -2.18. The van der Waals surface area contributed by atoms with Gasteiger partial charge in [-0.15, -0.1) is 0 Å². The summed E-state index contributed by atoms with van der Waals surface area (Å²) < 4.78 is 5.62. The number of rotatable bonds is 4. The molecule has 0 radical (unpaired) electrons. The van der Waals surface area contributed by atoms with Gasteiger partial charge >= 0.3 is 5.97 Å². The minimum Gasteiger partial charge on any atom is -0.422 e. The molecule has 148 valence electrons. The molecular formula is C25H20N2O3. The molecule has 0 bridgehead atoms. The zero-order chi connectivity index (χ0) is 21.1. The Bertz CT molecular complexity index is 1260. The third-order valence-electron chi connectivity index (χ3n) is 4.91. The lowest BCUT2D eigenvalue weighted by Gasteiger charge is -2.14. The Morgan fingerprint density at radius 2 is 1.57 bits per heavy atom. The van der Waals surface area contributed by atoms with Gasteiger partial charge in [0.2, 0.25) is 0 Å². The van der Waals surface area contributed by atoms with E-state index in [1.807, 2.05) is 43.3 Å². The molecule has 0 saturated heterocycles. The number of hydrogen-bond acceptors (Lipinski definition) is 4. The van der Waals surface area contributed by atoms with Gasteiger partial charge in [-0.3, -0.25) is 9.78 Å². The van der Waals surface area contributed by atoms with Gasteiger partial charge in [0.15, 0.2) is 0 Å². The van der Waals surface area contributed by atoms with Gasteiger partial charge in [0.25, 0.3) is 5.91 Å². The molecule has 0 saturated carbocycles. The van der Waals surface area contributed by atoms with Crippen LogP contribution in [0.4, 0.5) is 5.69 Å². The minimum atomic E-state index is -0.500. The normalized spacial score (nSPS) is 10.6. The molecule has 0 spiro atoms. The van der Waals surface area contributed by atoms with E-state index in [9.17, 15) is 9.59 Å². The number of hydrogen-bond donors (Lipinski definition) is 1. The number of pyridine rings is 1. The smallest absolute Gasteiger partial charge is 0.343 e. The Morgan fingerprint density at radius 3 is 2.40 bits per heavy atom. The number of esters is 1. The Hall–Kier alpha value is -3.99. The van der Waals surface area contributed by atoms with Crippen molar-refractivity contribution >= 4 is 28.5 Å². The predicted molar refractivity (Wildman–Crippen MR) is 117 cm³/mol. The average molecular weight is 396 g/mol. The monoisotopic (exact) mass is 396 g/mol. The van der Waals surface area contributed by atoms with Crippen LogP contribution >= 0.6 is 0 Å². The predicted octanol–water partition coefficient (Wildman–Crippen LogP) is 5.32. The van der Waals surface area contributed by atoms with Crippen molar-refractivity contribution in [3.05, 3.63) is 101 Å². The molecule has 0 fully saturated rings. The van der Waals surface area contributed by atoms with Crippen molar-refractivity contribution < 1.29 is 14.3 Å². The van der Waals surface area contributed by atoms with Gasteiger partial charge in [0.1, 0.15) is 5.75 Å². The van der Waals surface area contributed by atoms with E-state index in [0.29, 0.717) is 27.9 Å². The van der Waals surface area contributed by atoms with E-state index < -0.39 is 5.97 Å². The molecule has 30 heavy (non-hydrogen) atoms. The van der Waals surface area contributed by atoms with Crippen molar-refractivity contribution in [1.29, 1.82) is 0 Å². The summed E-state index contributed by atoms with van der Waals surface area (Å²) in [6.45, 7) is 3.65. The first-order valence-electron chi connectivity index (χ1n) is 9.57. The number of amides is 1. The van der Waals surface area contributed by atoms with Crippen LogP contribution in [-0.4, -0.2) is 16.9 Å². The van der Waals surface area contributed by atoms with Crippen LogP contribution in [0.15, 0.2) is 79.0 Å². The zero-order valence-corrected chi connectivity index (χ0v) is 16.7. The van der Waals surface area contributed by atoms with Crippen LogP contribution in [0, 0.1) is 13.8 Å². The van der Waals surface area contributed by atoms with Crippen molar-refractivity contribution in [3.63, 3.8) is 0 Å². The summed E-state index contributed by atoms with van der Waals surface area (Å²) in [5, 5.41) is 3.84. The molecule has 0 aliphatic carbocycles. The number of carbonyl (C=O) groups is 2. The van der Waals surface area contributed by atoms with Crippen molar-refractivity contribution in [2.75, 3.05) is 5.32 Å². The summed E-state index contributed by atoms with van der Waals surface area (Å²) in [6, 6.07) is 21.7. The van der Waals surface area contributed by atoms with E-state index in [-0.39, 0.29) is 11.7 Å². The first-order valence-corrected chi connectivity index (χ1v) is 9.57. The van der Waals surface area contributed by atoms with Gasteiger partial charge in [-0.1, -0.05) is 48.5 Å². The van der Waals surface area contributed by atoms with Crippen molar-refractivity contribution in [2.45, 2.75) is 13.8 Å². The quantitative estimate of drug-likeness (QED) is 0.374. The maximum absolute atomic E-state index is 13.2. The van der Waals surface area contributed by atoms with E-state index >= 15 is 0 Å². The molecule has 0 aliphatic heterocycles. The van der Waals surface area contributed by atoms with Gasteiger partial charge in [0.05, 0.1) is 22.3 Å². The minimum absolute atomic E-state index is 0.217. The SMILES string of the molecule is Cc1ccccc1C(=O)Oc1cccc(C)c1C(=O)Nc1cccc2cccnc12. The maximum Gasteiger partial charge on any atom is 0.343 e. The molecule has 3 aromatic carbocycles. The number of aryl methyl sites for hydroxylation is 2. The summed E-state index contributed by atoms with van der Waals surface area (Å²) >= 11 is 0. The number of nitrogens with zero attached hydrogens (tertiary/aromatic N) is 1. The number of nitrogens with one attached hydrogen (secondary N) is 1. The Balaban J connectivity index is 1.66. The van der Waals surface area contributed by atoms with Crippen LogP contribution in [-0.2, 0) is 0 Å². The second-order valence-corrected chi connectivity index (χ2v) is 6.99. The molecule has 1 N–H and O–H groups in total. The molecule has 0 atom stereocenters. The zero-order valence-electron chi connectivity index (χ0n) is 16.7. The molecule has 0 unspecified atom stereocenters. The van der Waals surface area contributed by atoms with Crippen LogP contribution < -0.4 is 10.1 Å². The third kappa shape index (κ3) is 3.78. The van der Waals surface area contributed by atoms with Crippen LogP contribution in [0.3, 0.4) is 0 Å². The molecule has 4 rings (SSSR count). The van der Waals surface area contributed by atoms with E-state index in [4.69, 9.17) is 4.74 Å². The van der Waals surface area contributed by atoms with Crippen LogP contribution in [0.25, 0.3) is 10.9 Å². The Labute approximate surface area is 174 Å². The highest BCUT2D eigenvalue weighted by atomic mass is 16.5.